The summed E-state index contributed by atoms with van der Waals surface area (Å²) in [5.74, 6) is -2.07. The average molecular weight is 360 g/mol. The summed E-state index contributed by atoms with van der Waals surface area (Å²) in [6.45, 7) is 0.988. The zero-order valence-electron chi connectivity index (χ0n) is 13.8. The van der Waals surface area contributed by atoms with Crippen LogP contribution in [0.25, 0.3) is 0 Å². The summed E-state index contributed by atoms with van der Waals surface area (Å²) in [5, 5.41) is 11.5. The van der Waals surface area contributed by atoms with E-state index in [1.165, 1.54) is 24.4 Å². The quantitative estimate of drug-likeness (QED) is 0.822. The molecule has 2 N–H and O–H groups in total. The van der Waals surface area contributed by atoms with Gasteiger partial charge in [-0.2, -0.15) is 0 Å². The Morgan fingerprint density at radius 3 is 2.92 bits per heavy atom. The second-order valence-electron chi connectivity index (χ2n) is 5.78. The first-order valence-electron chi connectivity index (χ1n) is 8.07. The molecule has 3 rings (SSSR count). The van der Waals surface area contributed by atoms with Crippen molar-refractivity contribution < 1.29 is 28.6 Å². The Hall–Kier alpha value is -3.00. The third-order valence-corrected chi connectivity index (χ3v) is 3.88. The molecule has 8 heteroatoms. The molecule has 1 fully saturated rings. The van der Waals surface area contributed by atoms with Crippen LogP contribution in [0.2, 0.25) is 0 Å². The number of carboxylic acid groups (broad SMARTS) is 1. The van der Waals surface area contributed by atoms with Gasteiger partial charge in [0.1, 0.15) is 23.9 Å². The van der Waals surface area contributed by atoms with Crippen molar-refractivity contribution >= 4 is 17.6 Å². The molecule has 136 valence electrons. The van der Waals surface area contributed by atoms with E-state index in [-0.39, 0.29) is 23.0 Å². The molecule has 7 nitrogen and oxygen atoms in total. The number of hydrogen-bond donors (Lipinski definition) is 2. The number of aromatic nitrogens is 1. The summed E-state index contributed by atoms with van der Waals surface area (Å²) in [4.78, 5) is 27.0. The number of rotatable bonds is 6. The lowest BCUT2D eigenvalue weighted by atomic mass is 10.2. The van der Waals surface area contributed by atoms with Crippen LogP contribution in [-0.2, 0) is 4.74 Å². The first-order chi connectivity index (χ1) is 12.5. The van der Waals surface area contributed by atoms with Crippen LogP contribution in [0.5, 0.6) is 5.75 Å². The molecule has 0 aliphatic carbocycles. The molecule has 1 aliphatic heterocycles. The molecule has 1 aliphatic rings. The van der Waals surface area contributed by atoms with E-state index in [1.54, 1.807) is 0 Å². The number of nitrogens with one attached hydrogen (secondary N) is 1. The lowest BCUT2D eigenvalue weighted by molar-refractivity contribution is 0.0681. The van der Waals surface area contributed by atoms with Gasteiger partial charge in [0.15, 0.2) is 0 Å². The number of halogens is 1. The van der Waals surface area contributed by atoms with Crippen LogP contribution in [0.4, 0.5) is 10.1 Å². The van der Waals surface area contributed by atoms with Gasteiger partial charge in [-0.15, -0.1) is 0 Å². The second kappa shape index (κ2) is 7.92. The molecule has 2 aromatic rings. The van der Waals surface area contributed by atoms with Crippen molar-refractivity contribution in [3.05, 3.63) is 53.6 Å². The minimum absolute atomic E-state index is 0.0260. The molecule has 1 saturated heterocycles. The Morgan fingerprint density at radius 2 is 2.19 bits per heavy atom. The Labute approximate surface area is 148 Å². The van der Waals surface area contributed by atoms with Gasteiger partial charge in [-0.3, -0.25) is 4.79 Å². The monoisotopic (exact) mass is 360 g/mol. The molecule has 26 heavy (non-hydrogen) atoms. The van der Waals surface area contributed by atoms with Gasteiger partial charge in [0.05, 0.1) is 11.8 Å². The highest BCUT2D eigenvalue weighted by Gasteiger charge is 2.18. The van der Waals surface area contributed by atoms with Crippen molar-refractivity contribution in [1.29, 1.82) is 0 Å². The number of nitrogens with zero attached hydrogens (tertiary/aromatic N) is 1. The molecule has 0 bridgehead atoms. The van der Waals surface area contributed by atoms with E-state index in [1.807, 2.05) is 0 Å². The lowest BCUT2D eigenvalue weighted by Crippen LogP contribution is -2.18. The number of amides is 1. The Bertz CT molecular complexity index is 821. The Kier molecular flexibility index (Phi) is 5.43. The van der Waals surface area contributed by atoms with E-state index in [9.17, 15) is 14.0 Å². The number of benzene rings is 1. The highest BCUT2D eigenvalue weighted by atomic mass is 19.1. The van der Waals surface area contributed by atoms with E-state index < -0.39 is 17.7 Å². The molecular weight excluding hydrogens is 343 g/mol. The first kappa shape index (κ1) is 17.8. The molecular formula is C18H17FN2O5. The molecule has 0 radical (unpaired) electrons. The number of pyridine rings is 1. The Morgan fingerprint density at radius 1 is 1.35 bits per heavy atom. The minimum Gasteiger partial charge on any atom is -0.489 e. The molecule has 1 aromatic heterocycles. The standard InChI is InChI=1S/C18H17FN2O5/c19-12-3-4-16(26-10-13-2-1-7-25-13)14(9-12)21-17(22)11-5-6-20-15(8-11)18(23)24/h3-6,8-9,13H,1-2,7,10H2,(H,21,22)(H,23,24). The topological polar surface area (TPSA) is 97.8 Å². The van der Waals surface area contributed by atoms with Crippen LogP contribution in [0.15, 0.2) is 36.5 Å². The average Bonchev–Trinajstić information content (AvgIpc) is 3.14. The summed E-state index contributed by atoms with van der Waals surface area (Å²) in [5.41, 5.74) is -0.0137. The summed E-state index contributed by atoms with van der Waals surface area (Å²) in [6, 6.07) is 6.31. The van der Waals surface area contributed by atoms with Crippen molar-refractivity contribution in [1.82, 2.24) is 4.98 Å². The molecule has 0 saturated carbocycles. The van der Waals surface area contributed by atoms with E-state index in [2.05, 4.69) is 10.3 Å². The van der Waals surface area contributed by atoms with Crippen molar-refractivity contribution in [2.75, 3.05) is 18.5 Å². The summed E-state index contributed by atoms with van der Waals surface area (Å²) in [7, 11) is 0. The van der Waals surface area contributed by atoms with Gasteiger partial charge in [-0.05, 0) is 37.1 Å². The highest BCUT2D eigenvalue weighted by molar-refractivity contribution is 6.05. The van der Waals surface area contributed by atoms with E-state index >= 15 is 0 Å². The number of hydrogen-bond acceptors (Lipinski definition) is 5. The van der Waals surface area contributed by atoms with Gasteiger partial charge >= 0.3 is 5.97 Å². The SMILES string of the molecule is O=C(Nc1cc(F)ccc1OCC1CCCO1)c1ccnc(C(=O)O)c1. The minimum atomic E-state index is -1.24. The van der Waals surface area contributed by atoms with Crippen LogP contribution in [0.1, 0.15) is 33.7 Å². The highest BCUT2D eigenvalue weighted by Crippen LogP contribution is 2.27. The fourth-order valence-electron chi connectivity index (χ4n) is 2.57. The van der Waals surface area contributed by atoms with E-state index in [4.69, 9.17) is 14.6 Å². The van der Waals surface area contributed by atoms with E-state index in [0.29, 0.717) is 19.0 Å². The van der Waals surface area contributed by atoms with Gasteiger partial charge < -0.3 is 19.9 Å². The van der Waals surface area contributed by atoms with Crippen LogP contribution < -0.4 is 10.1 Å². The number of ether oxygens (including phenoxy) is 2. The number of aromatic carboxylic acids is 1. The summed E-state index contributed by atoms with van der Waals surface area (Å²) in [6.07, 6.45) is 3.05. The lowest BCUT2D eigenvalue weighted by Gasteiger charge is -2.15. The maximum Gasteiger partial charge on any atom is 0.354 e. The molecule has 1 amide bonds. The van der Waals surface area contributed by atoms with Crippen molar-refractivity contribution in [2.45, 2.75) is 18.9 Å². The molecule has 0 spiro atoms. The van der Waals surface area contributed by atoms with Gasteiger partial charge in [0.25, 0.3) is 5.91 Å². The molecule has 1 atom stereocenters. The third-order valence-electron chi connectivity index (χ3n) is 3.88. The number of carboxylic acids is 1. The number of carbonyl (C=O) groups is 2. The second-order valence-corrected chi connectivity index (χ2v) is 5.78. The van der Waals surface area contributed by atoms with Gasteiger partial charge in [0.2, 0.25) is 0 Å². The predicted octanol–water partition coefficient (Wildman–Crippen LogP) is 2.73. The third kappa shape index (κ3) is 4.34. The maximum atomic E-state index is 13.6. The largest absolute Gasteiger partial charge is 0.489 e. The normalized spacial score (nSPS) is 16.3. The van der Waals surface area contributed by atoms with Crippen LogP contribution in [0, 0.1) is 5.82 Å². The van der Waals surface area contributed by atoms with Crippen molar-refractivity contribution in [2.24, 2.45) is 0 Å². The summed E-state index contributed by atoms with van der Waals surface area (Å²) < 4.78 is 24.7. The number of anilines is 1. The van der Waals surface area contributed by atoms with Crippen molar-refractivity contribution in [3.8, 4) is 5.75 Å². The number of carbonyl (C=O) groups excluding carboxylic acids is 1. The smallest absolute Gasteiger partial charge is 0.354 e. The van der Waals surface area contributed by atoms with Crippen molar-refractivity contribution in [3.63, 3.8) is 0 Å². The first-order valence-corrected chi connectivity index (χ1v) is 8.07. The zero-order chi connectivity index (χ0) is 18.5. The Balaban J connectivity index is 1.75. The van der Waals surface area contributed by atoms with Crippen LogP contribution >= 0.6 is 0 Å². The zero-order valence-corrected chi connectivity index (χ0v) is 13.8. The van der Waals surface area contributed by atoms with Gasteiger partial charge in [-0.1, -0.05) is 0 Å². The molecule has 2 heterocycles. The fourth-order valence-corrected chi connectivity index (χ4v) is 2.57. The molecule has 1 aromatic carbocycles. The maximum absolute atomic E-state index is 13.6. The van der Waals surface area contributed by atoms with Gasteiger partial charge in [0, 0.05) is 24.4 Å². The molecule has 1 unspecified atom stereocenters. The van der Waals surface area contributed by atoms with E-state index in [0.717, 1.165) is 25.0 Å². The van der Waals surface area contributed by atoms with Crippen LogP contribution in [0.3, 0.4) is 0 Å². The van der Waals surface area contributed by atoms with Crippen LogP contribution in [-0.4, -0.2) is 41.3 Å². The fraction of sp³-hybridized carbons (Fsp3) is 0.278. The summed E-state index contributed by atoms with van der Waals surface area (Å²) >= 11 is 0. The predicted molar refractivity (Wildman–Crippen MR) is 90.0 cm³/mol. The van der Waals surface area contributed by atoms with Gasteiger partial charge in [-0.25, -0.2) is 14.2 Å².